The summed E-state index contributed by atoms with van der Waals surface area (Å²) >= 11 is 0. The van der Waals surface area contributed by atoms with Crippen LogP contribution in [-0.4, -0.2) is 66.3 Å². The lowest BCUT2D eigenvalue weighted by Crippen LogP contribution is -2.25. The third kappa shape index (κ3) is 21.8. The fraction of sp³-hybridized carbons (Fsp3) is 0.106. The van der Waals surface area contributed by atoms with Crippen LogP contribution in [0.25, 0.3) is 17.1 Å². The number of amides is 4. The molecule has 22 nitrogen and oxygen atoms in total. The molecule has 0 aliphatic heterocycles. The first-order valence-electron chi connectivity index (χ1n) is 34.7. The lowest BCUT2D eigenvalue weighted by atomic mass is 10.2. The maximum Gasteiger partial charge on any atom is 0.271 e. The largest absolute Gasteiger partial charge is 0.489 e. The molecule has 0 radical (unpaired) electrons. The Morgan fingerprint density at radius 2 is 0.748 bits per heavy atom. The van der Waals surface area contributed by atoms with E-state index in [4.69, 9.17) is 18.9 Å². The summed E-state index contributed by atoms with van der Waals surface area (Å²) in [6.07, 6.45) is 16.7. The van der Waals surface area contributed by atoms with Gasteiger partial charge in [-0.2, -0.15) is 0 Å². The number of nitrogens with one attached hydrogen (secondary N) is 4. The molecule has 0 unspecified atom stereocenters. The molecule has 0 aliphatic carbocycles. The van der Waals surface area contributed by atoms with Crippen molar-refractivity contribution in [2.75, 3.05) is 0 Å². The van der Waals surface area contributed by atoms with Gasteiger partial charge in [0.1, 0.15) is 95.4 Å². The molecular weight excluding hydrogens is 1420 g/mol. The van der Waals surface area contributed by atoms with Gasteiger partial charge in [-0.1, -0.05) is 127 Å². The van der Waals surface area contributed by atoms with Gasteiger partial charge < -0.3 is 53.6 Å². The Morgan fingerprint density at radius 3 is 1.15 bits per heavy atom. The minimum absolute atomic E-state index is 0.121. The van der Waals surface area contributed by atoms with Crippen LogP contribution >= 0.6 is 0 Å². The molecule has 15 rings (SSSR count). The van der Waals surface area contributed by atoms with Crippen LogP contribution in [-0.2, 0) is 59.7 Å². The van der Waals surface area contributed by atoms with Crippen molar-refractivity contribution in [3.05, 3.63) is 393 Å². The van der Waals surface area contributed by atoms with Gasteiger partial charge in [0.15, 0.2) is 5.65 Å². The molecule has 15 aromatic rings. The van der Waals surface area contributed by atoms with E-state index >= 15 is 0 Å². The van der Waals surface area contributed by atoms with E-state index in [0.717, 1.165) is 27.9 Å². The van der Waals surface area contributed by atoms with E-state index in [1.165, 1.54) is 34.9 Å². The molecule has 26 heteroatoms. The Labute approximate surface area is 633 Å². The van der Waals surface area contributed by atoms with Gasteiger partial charge in [0.2, 0.25) is 5.78 Å². The molecule has 4 amide bonds. The highest BCUT2D eigenvalue weighted by atomic mass is 19.1. The Hall–Kier alpha value is -14.6. The average Bonchev–Trinajstić information content (AvgIpc) is 1.67. The van der Waals surface area contributed by atoms with Crippen molar-refractivity contribution in [3.8, 4) is 23.0 Å². The van der Waals surface area contributed by atoms with Gasteiger partial charge in [-0.3, -0.25) is 33.4 Å². The highest BCUT2D eigenvalue weighted by Crippen LogP contribution is 2.22. The Morgan fingerprint density at radius 1 is 0.369 bits per heavy atom. The van der Waals surface area contributed by atoms with Crippen molar-refractivity contribution in [3.63, 3.8) is 0 Å². The minimum Gasteiger partial charge on any atom is -0.489 e. The molecule has 0 atom stereocenters. The minimum atomic E-state index is -0.328. The predicted octanol–water partition coefficient (Wildman–Crippen LogP) is 13.8. The molecule has 8 aromatic carbocycles. The van der Waals surface area contributed by atoms with Gasteiger partial charge in [-0.15, -0.1) is 0 Å². The van der Waals surface area contributed by atoms with Gasteiger partial charge in [0.25, 0.3) is 29.2 Å². The fourth-order valence-electron chi connectivity index (χ4n) is 10.8. The maximum absolute atomic E-state index is 13.7. The van der Waals surface area contributed by atoms with E-state index in [9.17, 15) is 41.5 Å². The number of hydrogen-bond acceptors (Lipinski definition) is 14. The highest BCUT2D eigenvalue weighted by molar-refractivity contribution is 5.95. The maximum atomic E-state index is 13.7. The van der Waals surface area contributed by atoms with E-state index in [1.54, 1.807) is 197 Å². The van der Waals surface area contributed by atoms with Gasteiger partial charge in [-0.25, -0.2) is 37.5 Å². The number of carbonyl (C=O) groups is 4. The summed E-state index contributed by atoms with van der Waals surface area (Å²) in [6, 6.07) is 65.4. The molecule has 0 spiro atoms. The van der Waals surface area contributed by atoms with Crippen LogP contribution in [0.4, 0.5) is 17.6 Å². The summed E-state index contributed by atoms with van der Waals surface area (Å²) in [5, 5.41) is 11.3. The molecule has 111 heavy (non-hydrogen) atoms. The quantitative estimate of drug-likeness (QED) is 0.0411. The molecule has 558 valence electrons. The second kappa shape index (κ2) is 37.6. The number of nitrogens with zero attached hydrogens (tertiary/aromatic N) is 9. The van der Waals surface area contributed by atoms with Crippen LogP contribution in [0.3, 0.4) is 0 Å². The van der Waals surface area contributed by atoms with E-state index in [0.29, 0.717) is 99.0 Å². The van der Waals surface area contributed by atoms with Crippen molar-refractivity contribution >= 4 is 40.7 Å². The van der Waals surface area contributed by atoms with E-state index in [-0.39, 0.29) is 85.4 Å². The summed E-state index contributed by atoms with van der Waals surface area (Å²) in [7, 11) is 1.62. The van der Waals surface area contributed by atoms with Crippen molar-refractivity contribution in [1.82, 2.24) is 64.0 Å². The Balaban J connectivity index is 0.000000138. The number of benzene rings is 8. The van der Waals surface area contributed by atoms with E-state index in [1.807, 2.05) is 85.1 Å². The smallest absolute Gasteiger partial charge is 0.271 e. The molecule has 4 N–H and O–H groups in total. The zero-order chi connectivity index (χ0) is 77.3. The summed E-state index contributed by atoms with van der Waals surface area (Å²) in [6.45, 7) is 1.79. The summed E-state index contributed by atoms with van der Waals surface area (Å²) in [4.78, 5) is 81.6. The second-order valence-corrected chi connectivity index (χ2v) is 24.7. The number of imidazole rings is 3. The molecule has 0 saturated heterocycles. The molecule has 0 aliphatic rings. The number of halogens is 4. The lowest BCUT2D eigenvalue weighted by Gasteiger charge is -2.10. The van der Waals surface area contributed by atoms with Crippen LogP contribution in [0.5, 0.6) is 23.0 Å². The number of rotatable bonds is 24. The predicted molar refractivity (Wildman–Crippen MR) is 406 cm³/mol. The lowest BCUT2D eigenvalue weighted by molar-refractivity contribution is 0.0938. The molecular formula is C85H71F4N13O9. The van der Waals surface area contributed by atoms with E-state index in [2.05, 4.69) is 46.2 Å². The van der Waals surface area contributed by atoms with E-state index < -0.39 is 0 Å². The molecule has 0 saturated carbocycles. The zero-order valence-electron chi connectivity index (χ0n) is 59.6. The summed E-state index contributed by atoms with van der Waals surface area (Å²) in [5.74, 6) is 0.532. The molecule has 0 bridgehead atoms. The van der Waals surface area contributed by atoms with Gasteiger partial charge in [-0.05, 0) is 119 Å². The SMILES string of the molecule is Cn1ccc(C(=O)NCc2cccc(OCc3ccccc3F)c2)cc1=O.O=C(NCc1cccc(OCc2ccccc2F)c1)c1cn2ccccc2n1.O=C(NCc1cccc(OCc2ccccc2F)c1)c1cn2cccnc2n1.O=C(NCc1cccc(OCc2ccccc2F)c1)c1cn2ccncc2n1. The van der Waals surface area contributed by atoms with Gasteiger partial charge in [0.05, 0.1) is 6.20 Å². The number of pyridine rings is 2. The molecule has 0 fully saturated rings. The number of aryl methyl sites for hydroxylation is 1. The number of aromatic nitrogens is 9. The van der Waals surface area contributed by atoms with Crippen LogP contribution in [0.1, 0.15) is 86.3 Å². The Bertz CT molecular complexity index is 5270. The van der Waals surface area contributed by atoms with Crippen molar-refractivity contribution in [2.45, 2.75) is 52.6 Å². The third-order valence-corrected chi connectivity index (χ3v) is 16.7. The number of ether oxygens (including phenoxy) is 4. The summed E-state index contributed by atoms with van der Waals surface area (Å²) < 4.78 is 84.0. The zero-order valence-corrected chi connectivity index (χ0v) is 59.6. The first-order chi connectivity index (χ1) is 54.1. The summed E-state index contributed by atoms with van der Waals surface area (Å²) in [5.41, 5.74) is 7.75. The van der Waals surface area contributed by atoms with Crippen molar-refractivity contribution in [1.29, 1.82) is 0 Å². The number of hydrogen-bond donors (Lipinski definition) is 4. The normalized spacial score (nSPS) is 10.7. The van der Waals surface area contributed by atoms with Crippen LogP contribution in [0, 0.1) is 23.3 Å². The first-order valence-corrected chi connectivity index (χ1v) is 34.7. The fourth-order valence-corrected chi connectivity index (χ4v) is 10.8. The number of fused-ring (bicyclic) bond motifs is 3. The topological polar surface area (TPSA) is 253 Å². The van der Waals surface area contributed by atoms with Crippen LogP contribution < -0.4 is 45.8 Å². The average molecular weight is 1490 g/mol. The Kier molecular flexibility index (Phi) is 25.8. The second-order valence-electron chi connectivity index (χ2n) is 24.7. The molecule has 7 heterocycles. The van der Waals surface area contributed by atoms with Crippen LogP contribution in [0.15, 0.2) is 297 Å². The molecule has 7 aromatic heterocycles. The van der Waals surface area contributed by atoms with Gasteiger partial charge >= 0.3 is 0 Å². The third-order valence-electron chi connectivity index (χ3n) is 16.7. The number of carbonyl (C=O) groups excluding carboxylic acids is 4. The first kappa shape index (κ1) is 76.1. The monoisotopic (exact) mass is 1490 g/mol. The van der Waals surface area contributed by atoms with Gasteiger partial charge in [0, 0.05) is 123 Å². The van der Waals surface area contributed by atoms with Crippen LogP contribution in [0.2, 0.25) is 0 Å². The highest BCUT2D eigenvalue weighted by Gasteiger charge is 2.16. The van der Waals surface area contributed by atoms with Crippen molar-refractivity contribution in [2.24, 2.45) is 7.05 Å². The van der Waals surface area contributed by atoms with Crippen molar-refractivity contribution < 1.29 is 55.7 Å². The standard InChI is InChI=1S/C22H18FN3O2.2C21H17FN4O2.C21H19FN2O3/c23-19-9-2-1-7-17(19)15-28-18-8-5-6-16(12-18)13-24-22(27)20-14-26-11-4-3-10-21(26)25-20;22-18-8-2-1-6-16(18)14-28-17-7-3-5-15(11-17)12-24-20(27)19-13-26-10-4-9-23-21(26)25-19;22-18-7-2-1-5-16(18)14-28-17-6-3-4-15(10-17)11-24-21(27)19-13-26-9-8-23-12-20(26)25-19;1-24-10-9-16(12-20(24)25)21(26)23-13-15-5-4-7-18(11-15)27-14-17-6-2-3-8-19(17)22/h1-12,14H,13,15H2,(H,24,27);1-11,13H,12,14H2,(H,24,27);1-10,12-13H,11,14H2,(H,24,27);2-12H,13-14H2,1H3,(H,23,26).